The highest BCUT2D eigenvalue weighted by Gasteiger charge is 2.31. The normalized spacial score (nSPS) is 14.3. The lowest BCUT2D eigenvalue weighted by Gasteiger charge is -2.35. The molecule has 1 aliphatic rings. The highest BCUT2D eigenvalue weighted by atomic mass is 19.4. The highest BCUT2D eigenvalue weighted by molar-refractivity contribution is 5.97. The van der Waals surface area contributed by atoms with Gasteiger partial charge in [0.1, 0.15) is 0 Å². The van der Waals surface area contributed by atoms with Gasteiger partial charge in [-0.05, 0) is 42.8 Å². The fourth-order valence-electron chi connectivity index (χ4n) is 3.33. The first kappa shape index (κ1) is 22.3. The number of rotatable bonds is 4. The third kappa shape index (κ3) is 5.42. The van der Waals surface area contributed by atoms with E-state index in [0.717, 1.165) is 29.8 Å². The van der Waals surface area contributed by atoms with E-state index in [2.05, 4.69) is 5.32 Å². The van der Waals surface area contributed by atoms with Crippen LogP contribution in [0.15, 0.2) is 48.5 Å². The molecule has 1 fully saturated rings. The van der Waals surface area contributed by atoms with Crippen LogP contribution >= 0.6 is 0 Å². The molecular formula is C22H22F3N3O3. The summed E-state index contributed by atoms with van der Waals surface area (Å²) in [5.74, 6) is -0.972. The molecule has 164 valence electrons. The van der Waals surface area contributed by atoms with Crippen molar-refractivity contribution in [2.24, 2.45) is 0 Å². The predicted molar refractivity (Wildman–Crippen MR) is 107 cm³/mol. The SMILES string of the molecule is Cc1ccccc1C(=O)NCC(=O)N1CCN(C(=O)c2ccc(C(F)(F)F)cc2)CC1. The minimum atomic E-state index is -4.46. The van der Waals surface area contributed by atoms with Gasteiger partial charge < -0.3 is 15.1 Å². The van der Waals surface area contributed by atoms with Crippen molar-refractivity contribution in [3.63, 3.8) is 0 Å². The zero-order valence-electron chi connectivity index (χ0n) is 16.9. The maximum atomic E-state index is 12.7. The zero-order valence-corrected chi connectivity index (χ0v) is 16.9. The van der Waals surface area contributed by atoms with Gasteiger partial charge in [-0.15, -0.1) is 0 Å². The smallest absolute Gasteiger partial charge is 0.343 e. The molecule has 0 aliphatic carbocycles. The van der Waals surface area contributed by atoms with E-state index in [1.807, 2.05) is 19.1 Å². The van der Waals surface area contributed by atoms with Gasteiger partial charge >= 0.3 is 6.18 Å². The van der Waals surface area contributed by atoms with E-state index in [4.69, 9.17) is 0 Å². The Hall–Kier alpha value is -3.36. The Kier molecular flexibility index (Phi) is 6.62. The van der Waals surface area contributed by atoms with Gasteiger partial charge in [-0.1, -0.05) is 18.2 Å². The van der Waals surface area contributed by atoms with Crippen LogP contribution in [0.3, 0.4) is 0 Å². The van der Waals surface area contributed by atoms with E-state index in [1.54, 1.807) is 17.0 Å². The number of amides is 3. The Labute approximate surface area is 177 Å². The maximum absolute atomic E-state index is 12.7. The molecule has 2 aromatic rings. The van der Waals surface area contributed by atoms with Crippen molar-refractivity contribution in [1.82, 2.24) is 15.1 Å². The molecule has 9 heteroatoms. The van der Waals surface area contributed by atoms with Gasteiger partial charge in [0.2, 0.25) is 5.91 Å². The molecule has 3 amide bonds. The van der Waals surface area contributed by atoms with Gasteiger partial charge in [-0.2, -0.15) is 13.2 Å². The predicted octanol–water partition coefficient (Wildman–Crippen LogP) is 2.73. The molecule has 1 N–H and O–H groups in total. The third-order valence-corrected chi connectivity index (χ3v) is 5.17. The van der Waals surface area contributed by atoms with Crippen LogP contribution in [0.1, 0.15) is 31.8 Å². The van der Waals surface area contributed by atoms with Crippen LogP contribution in [-0.2, 0) is 11.0 Å². The summed E-state index contributed by atoms with van der Waals surface area (Å²) in [6.45, 7) is 2.75. The van der Waals surface area contributed by atoms with E-state index >= 15 is 0 Å². The minimum absolute atomic E-state index is 0.153. The molecule has 1 saturated heterocycles. The molecule has 3 rings (SSSR count). The van der Waals surface area contributed by atoms with Gasteiger partial charge in [0, 0.05) is 37.3 Å². The lowest BCUT2D eigenvalue weighted by Crippen LogP contribution is -2.52. The van der Waals surface area contributed by atoms with Crippen LogP contribution in [0.25, 0.3) is 0 Å². The average molecular weight is 433 g/mol. The molecule has 0 bridgehead atoms. The molecule has 0 saturated carbocycles. The maximum Gasteiger partial charge on any atom is 0.416 e. The first-order valence-electron chi connectivity index (χ1n) is 9.75. The fraction of sp³-hybridized carbons (Fsp3) is 0.318. The summed E-state index contributed by atoms with van der Waals surface area (Å²) in [4.78, 5) is 40.2. The van der Waals surface area contributed by atoms with Crippen molar-refractivity contribution in [2.75, 3.05) is 32.7 Å². The van der Waals surface area contributed by atoms with Crippen LogP contribution in [-0.4, -0.2) is 60.2 Å². The van der Waals surface area contributed by atoms with Gasteiger partial charge in [0.25, 0.3) is 11.8 Å². The number of piperazine rings is 1. The fourth-order valence-corrected chi connectivity index (χ4v) is 3.33. The highest BCUT2D eigenvalue weighted by Crippen LogP contribution is 2.29. The van der Waals surface area contributed by atoms with Crippen molar-refractivity contribution in [3.05, 3.63) is 70.8 Å². The van der Waals surface area contributed by atoms with Gasteiger partial charge in [0.15, 0.2) is 0 Å². The van der Waals surface area contributed by atoms with Crippen molar-refractivity contribution in [2.45, 2.75) is 13.1 Å². The van der Waals surface area contributed by atoms with Crippen molar-refractivity contribution in [1.29, 1.82) is 0 Å². The third-order valence-electron chi connectivity index (χ3n) is 5.17. The van der Waals surface area contributed by atoms with Gasteiger partial charge in [0.05, 0.1) is 12.1 Å². The zero-order chi connectivity index (χ0) is 22.6. The standard InChI is InChI=1S/C22H22F3N3O3/c1-15-4-2-3-5-18(15)20(30)26-14-19(29)27-10-12-28(13-11-27)21(31)16-6-8-17(9-7-16)22(23,24)25/h2-9H,10-14H2,1H3,(H,26,30). The number of benzene rings is 2. The van der Waals surface area contributed by atoms with Crippen molar-refractivity contribution >= 4 is 17.7 Å². The number of nitrogens with one attached hydrogen (secondary N) is 1. The Morgan fingerprint density at radius 1 is 0.903 bits per heavy atom. The van der Waals surface area contributed by atoms with Crippen LogP contribution in [0.5, 0.6) is 0 Å². The number of hydrogen-bond acceptors (Lipinski definition) is 3. The average Bonchev–Trinajstić information content (AvgIpc) is 2.76. The Morgan fingerprint density at radius 3 is 2.06 bits per heavy atom. The van der Waals surface area contributed by atoms with E-state index in [1.165, 1.54) is 4.90 Å². The Balaban J connectivity index is 1.49. The summed E-state index contributed by atoms with van der Waals surface area (Å²) in [7, 11) is 0. The summed E-state index contributed by atoms with van der Waals surface area (Å²) in [5, 5.41) is 2.61. The summed E-state index contributed by atoms with van der Waals surface area (Å²) in [5.41, 5.74) is 0.663. The molecule has 1 heterocycles. The van der Waals surface area contributed by atoms with Crippen LogP contribution in [0.2, 0.25) is 0 Å². The Morgan fingerprint density at radius 2 is 1.48 bits per heavy atom. The number of aryl methyl sites for hydroxylation is 1. The molecule has 0 aromatic heterocycles. The molecule has 2 aromatic carbocycles. The second kappa shape index (κ2) is 9.20. The molecule has 0 unspecified atom stereocenters. The lowest BCUT2D eigenvalue weighted by atomic mass is 10.1. The lowest BCUT2D eigenvalue weighted by molar-refractivity contribution is -0.137. The number of carbonyl (C=O) groups excluding carboxylic acids is 3. The molecule has 6 nitrogen and oxygen atoms in total. The quantitative estimate of drug-likeness (QED) is 0.806. The number of carbonyl (C=O) groups is 3. The van der Waals surface area contributed by atoms with E-state index in [-0.39, 0.29) is 56.0 Å². The number of hydrogen-bond donors (Lipinski definition) is 1. The molecule has 0 radical (unpaired) electrons. The van der Waals surface area contributed by atoms with E-state index in [9.17, 15) is 27.6 Å². The number of nitrogens with zero attached hydrogens (tertiary/aromatic N) is 2. The van der Waals surface area contributed by atoms with Gasteiger partial charge in [-0.3, -0.25) is 14.4 Å². The molecular weight excluding hydrogens is 411 g/mol. The first-order chi connectivity index (χ1) is 14.7. The van der Waals surface area contributed by atoms with E-state index in [0.29, 0.717) is 5.56 Å². The van der Waals surface area contributed by atoms with Crippen molar-refractivity contribution in [3.8, 4) is 0 Å². The van der Waals surface area contributed by atoms with Crippen LogP contribution in [0, 0.1) is 6.92 Å². The molecule has 31 heavy (non-hydrogen) atoms. The van der Waals surface area contributed by atoms with Crippen LogP contribution < -0.4 is 5.32 Å². The largest absolute Gasteiger partial charge is 0.416 e. The molecule has 0 spiro atoms. The Bertz CT molecular complexity index is 966. The first-order valence-corrected chi connectivity index (χ1v) is 9.75. The summed E-state index contributed by atoms with van der Waals surface area (Å²) in [6.07, 6.45) is -4.46. The summed E-state index contributed by atoms with van der Waals surface area (Å²) in [6, 6.07) is 11.1. The summed E-state index contributed by atoms with van der Waals surface area (Å²) < 4.78 is 38.0. The van der Waals surface area contributed by atoms with Crippen LogP contribution in [0.4, 0.5) is 13.2 Å². The number of halogens is 3. The monoisotopic (exact) mass is 433 g/mol. The topological polar surface area (TPSA) is 69.7 Å². The van der Waals surface area contributed by atoms with Gasteiger partial charge in [-0.25, -0.2) is 0 Å². The minimum Gasteiger partial charge on any atom is -0.343 e. The summed E-state index contributed by atoms with van der Waals surface area (Å²) >= 11 is 0. The molecule has 0 atom stereocenters. The second-order valence-electron chi connectivity index (χ2n) is 7.25. The second-order valence-corrected chi connectivity index (χ2v) is 7.25. The van der Waals surface area contributed by atoms with Crippen molar-refractivity contribution < 1.29 is 27.6 Å². The molecule has 1 aliphatic heterocycles. The number of alkyl halides is 3. The van der Waals surface area contributed by atoms with E-state index < -0.39 is 11.7 Å².